The molecule has 116 valence electrons. The first kappa shape index (κ1) is 14.9. The van der Waals surface area contributed by atoms with Gasteiger partial charge in [0.25, 0.3) is 0 Å². The third kappa shape index (κ3) is 3.24. The summed E-state index contributed by atoms with van der Waals surface area (Å²) in [6, 6.07) is 5.96. The summed E-state index contributed by atoms with van der Waals surface area (Å²) in [5.74, 6) is 3.80. The van der Waals surface area contributed by atoms with Crippen molar-refractivity contribution in [2.45, 2.75) is 38.8 Å². The Morgan fingerprint density at radius 1 is 1.29 bits per heavy atom. The predicted octanol–water partition coefficient (Wildman–Crippen LogP) is 3.06. The van der Waals surface area contributed by atoms with Gasteiger partial charge in [-0.15, -0.1) is 0 Å². The van der Waals surface area contributed by atoms with Crippen molar-refractivity contribution in [1.82, 2.24) is 4.90 Å². The van der Waals surface area contributed by atoms with Crippen LogP contribution in [0.15, 0.2) is 18.2 Å². The van der Waals surface area contributed by atoms with E-state index in [2.05, 4.69) is 18.0 Å². The van der Waals surface area contributed by atoms with Gasteiger partial charge in [0.15, 0.2) is 0 Å². The standard InChI is InChI=1S/C18H27NO2/c1-19(10-16-8-13-3-5-15(16)7-13)11-17-9-14(12-20)4-6-18(17)21-2/h4,6,9,13,15-16,20H,3,5,7-8,10-12H2,1-2H3. The Balaban J connectivity index is 1.62. The maximum Gasteiger partial charge on any atom is 0.123 e. The van der Waals surface area contributed by atoms with Gasteiger partial charge in [-0.1, -0.05) is 12.5 Å². The van der Waals surface area contributed by atoms with E-state index < -0.39 is 0 Å². The lowest BCUT2D eigenvalue weighted by atomic mass is 9.88. The number of benzene rings is 1. The van der Waals surface area contributed by atoms with Crippen LogP contribution in [0.3, 0.4) is 0 Å². The summed E-state index contributed by atoms with van der Waals surface area (Å²) in [5, 5.41) is 9.31. The number of rotatable bonds is 6. The fourth-order valence-electron chi connectivity index (χ4n) is 4.41. The van der Waals surface area contributed by atoms with Crippen LogP contribution in [0.5, 0.6) is 5.75 Å². The van der Waals surface area contributed by atoms with Crippen LogP contribution < -0.4 is 4.74 Å². The summed E-state index contributed by atoms with van der Waals surface area (Å²) < 4.78 is 5.46. The summed E-state index contributed by atoms with van der Waals surface area (Å²) in [6.07, 6.45) is 5.83. The first-order valence-corrected chi connectivity index (χ1v) is 8.14. The number of methoxy groups -OCH3 is 1. The van der Waals surface area contributed by atoms with E-state index in [1.807, 2.05) is 12.1 Å². The molecule has 2 aliphatic rings. The quantitative estimate of drug-likeness (QED) is 0.873. The lowest BCUT2D eigenvalue weighted by Crippen LogP contribution is -2.28. The van der Waals surface area contributed by atoms with Crippen molar-refractivity contribution in [3.8, 4) is 5.75 Å². The van der Waals surface area contributed by atoms with Gasteiger partial charge < -0.3 is 14.7 Å². The number of aliphatic hydroxyl groups is 1. The maximum absolute atomic E-state index is 9.31. The molecule has 0 aromatic heterocycles. The molecular weight excluding hydrogens is 262 g/mol. The van der Waals surface area contributed by atoms with Gasteiger partial charge in [0, 0.05) is 18.7 Å². The molecular formula is C18H27NO2. The summed E-state index contributed by atoms with van der Waals surface area (Å²) in [4.78, 5) is 2.42. The highest BCUT2D eigenvalue weighted by atomic mass is 16.5. The first-order valence-electron chi connectivity index (χ1n) is 8.14. The smallest absolute Gasteiger partial charge is 0.123 e. The molecule has 1 aromatic rings. The molecule has 0 saturated heterocycles. The predicted molar refractivity (Wildman–Crippen MR) is 84.2 cm³/mol. The van der Waals surface area contributed by atoms with Crippen molar-refractivity contribution in [3.05, 3.63) is 29.3 Å². The van der Waals surface area contributed by atoms with Crippen molar-refractivity contribution < 1.29 is 9.84 Å². The molecule has 2 saturated carbocycles. The van der Waals surface area contributed by atoms with Gasteiger partial charge in [0.2, 0.25) is 0 Å². The second kappa shape index (κ2) is 6.37. The third-order valence-electron chi connectivity index (χ3n) is 5.40. The lowest BCUT2D eigenvalue weighted by molar-refractivity contribution is 0.212. The van der Waals surface area contributed by atoms with Crippen molar-refractivity contribution >= 4 is 0 Å². The fraction of sp³-hybridized carbons (Fsp3) is 0.667. The van der Waals surface area contributed by atoms with Gasteiger partial charge in [-0.2, -0.15) is 0 Å². The van der Waals surface area contributed by atoms with E-state index in [0.717, 1.165) is 35.6 Å². The normalized spacial score (nSPS) is 27.5. The van der Waals surface area contributed by atoms with Crippen LogP contribution >= 0.6 is 0 Å². The monoisotopic (exact) mass is 289 g/mol. The Bertz CT molecular complexity index is 488. The van der Waals surface area contributed by atoms with Crippen LogP contribution in [-0.2, 0) is 13.2 Å². The number of aliphatic hydroxyl groups excluding tert-OH is 1. The van der Waals surface area contributed by atoms with Gasteiger partial charge in [0.05, 0.1) is 13.7 Å². The molecule has 0 aliphatic heterocycles. The van der Waals surface area contributed by atoms with Crippen LogP contribution in [0.4, 0.5) is 0 Å². The number of hydrogen-bond acceptors (Lipinski definition) is 3. The van der Waals surface area contributed by atoms with Crippen LogP contribution in [-0.4, -0.2) is 30.7 Å². The summed E-state index contributed by atoms with van der Waals surface area (Å²) in [6.45, 7) is 2.17. The molecule has 3 rings (SSSR count). The van der Waals surface area contributed by atoms with E-state index in [4.69, 9.17) is 4.74 Å². The summed E-state index contributed by atoms with van der Waals surface area (Å²) in [7, 11) is 3.92. The van der Waals surface area contributed by atoms with Crippen molar-refractivity contribution in [1.29, 1.82) is 0 Å². The van der Waals surface area contributed by atoms with Gasteiger partial charge in [0.1, 0.15) is 5.75 Å². The molecule has 0 spiro atoms. The Morgan fingerprint density at radius 2 is 2.14 bits per heavy atom. The number of fused-ring (bicyclic) bond motifs is 2. The molecule has 2 bridgehead atoms. The van der Waals surface area contributed by atoms with Crippen LogP contribution in [0.25, 0.3) is 0 Å². The second-order valence-electron chi connectivity index (χ2n) is 6.94. The molecule has 0 radical (unpaired) electrons. The Morgan fingerprint density at radius 3 is 2.76 bits per heavy atom. The average Bonchev–Trinajstić information content (AvgIpc) is 3.09. The Labute approximate surface area is 127 Å². The molecule has 3 nitrogen and oxygen atoms in total. The van der Waals surface area contributed by atoms with Gasteiger partial charge in [-0.05, 0) is 61.8 Å². The van der Waals surface area contributed by atoms with Gasteiger partial charge >= 0.3 is 0 Å². The summed E-state index contributed by atoms with van der Waals surface area (Å²) in [5.41, 5.74) is 2.13. The molecule has 3 atom stereocenters. The average molecular weight is 289 g/mol. The second-order valence-corrected chi connectivity index (χ2v) is 6.94. The van der Waals surface area contributed by atoms with E-state index in [0.29, 0.717) is 0 Å². The van der Waals surface area contributed by atoms with Crippen LogP contribution in [0.1, 0.15) is 36.8 Å². The van der Waals surface area contributed by atoms with E-state index in [9.17, 15) is 5.11 Å². The minimum absolute atomic E-state index is 0.0904. The molecule has 0 heterocycles. The Kier molecular flexibility index (Phi) is 4.51. The SMILES string of the molecule is COc1ccc(CO)cc1CN(C)CC1CC2CCC1C2. The van der Waals surface area contributed by atoms with E-state index in [1.165, 1.54) is 37.8 Å². The molecule has 2 aliphatic carbocycles. The molecule has 0 amide bonds. The highest BCUT2D eigenvalue weighted by Gasteiger charge is 2.39. The molecule has 3 unspecified atom stereocenters. The number of nitrogens with zero attached hydrogens (tertiary/aromatic N) is 1. The Hall–Kier alpha value is -1.06. The third-order valence-corrected chi connectivity index (χ3v) is 5.40. The highest BCUT2D eigenvalue weighted by molar-refractivity contribution is 5.37. The zero-order chi connectivity index (χ0) is 14.8. The van der Waals surface area contributed by atoms with Crippen LogP contribution in [0.2, 0.25) is 0 Å². The zero-order valence-corrected chi connectivity index (χ0v) is 13.2. The van der Waals surface area contributed by atoms with Gasteiger partial charge in [-0.3, -0.25) is 0 Å². The lowest BCUT2D eigenvalue weighted by Gasteiger charge is -2.27. The zero-order valence-electron chi connectivity index (χ0n) is 13.2. The number of ether oxygens (including phenoxy) is 1. The van der Waals surface area contributed by atoms with Gasteiger partial charge in [-0.25, -0.2) is 0 Å². The van der Waals surface area contributed by atoms with E-state index >= 15 is 0 Å². The first-order chi connectivity index (χ1) is 10.2. The van der Waals surface area contributed by atoms with E-state index in [1.54, 1.807) is 7.11 Å². The maximum atomic E-state index is 9.31. The molecule has 2 fully saturated rings. The minimum atomic E-state index is 0.0904. The fourth-order valence-corrected chi connectivity index (χ4v) is 4.41. The molecule has 1 aromatic carbocycles. The highest BCUT2D eigenvalue weighted by Crippen LogP contribution is 2.48. The van der Waals surface area contributed by atoms with Crippen molar-refractivity contribution in [3.63, 3.8) is 0 Å². The number of hydrogen-bond donors (Lipinski definition) is 1. The van der Waals surface area contributed by atoms with E-state index in [-0.39, 0.29) is 6.61 Å². The molecule has 3 heteroatoms. The topological polar surface area (TPSA) is 32.7 Å². The van der Waals surface area contributed by atoms with Crippen LogP contribution in [0, 0.1) is 17.8 Å². The molecule has 1 N–H and O–H groups in total. The van der Waals surface area contributed by atoms with Crippen molar-refractivity contribution in [2.75, 3.05) is 20.7 Å². The summed E-state index contributed by atoms with van der Waals surface area (Å²) >= 11 is 0. The minimum Gasteiger partial charge on any atom is -0.496 e. The van der Waals surface area contributed by atoms with Crippen molar-refractivity contribution in [2.24, 2.45) is 17.8 Å². The largest absolute Gasteiger partial charge is 0.496 e. The molecule has 21 heavy (non-hydrogen) atoms.